The molecule has 0 amide bonds. The van der Waals surface area contributed by atoms with Crippen LogP contribution in [0.3, 0.4) is 0 Å². The number of aromatic amines is 1. The number of aromatic nitrogens is 3. The van der Waals surface area contributed by atoms with Crippen LogP contribution in [0.4, 0.5) is 0 Å². The second-order valence-corrected chi connectivity index (χ2v) is 3.98. The van der Waals surface area contributed by atoms with Gasteiger partial charge in [0.2, 0.25) is 5.78 Å². The zero-order valence-corrected chi connectivity index (χ0v) is 9.67. The van der Waals surface area contributed by atoms with Gasteiger partial charge in [0.1, 0.15) is 11.3 Å². The molecule has 3 aromatic rings. The number of rotatable bonds is 3. The van der Waals surface area contributed by atoms with Crippen molar-refractivity contribution in [3.05, 3.63) is 30.1 Å². The number of fused-ring (bicyclic) bond motifs is 3. The lowest BCUT2D eigenvalue weighted by molar-refractivity contribution is -0.136. The largest absolute Gasteiger partial charge is 0.494 e. The summed E-state index contributed by atoms with van der Waals surface area (Å²) in [6.07, 6.45) is 1.70. The van der Waals surface area contributed by atoms with Crippen LogP contribution >= 0.6 is 0 Å². The van der Waals surface area contributed by atoms with Crippen molar-refractivity contribution < 1.29 is 14.6 Å². The maximum absolute atomic E-state index is 10.7. The zero-order valence-electron chi connectivity index (χ0n) is 9.67. The van der Waals surface area contributed by atoms with Gasteiger partial charge in [0.15, 0.2) is 0 Å². The van der Waals surface area contributed by atoms with Crippen LogP contribution in [-0.2, 0) is 11.2 Å². The van der Waals surface area contributed by atoms with Crippen molar-refractivity contribution in [3.8, 4) is 5.75 Å². The minimum absolute atomic E-state index is 0.0468. The first kappa shape index (κ1) is 10.6. The van der Waals surface area contributed by atoms with E-state index in [1.807, 2.05) is 22.6 Å². The van der Waals surface area contributed by atoms with Gasteiger partial charge < -0.3 is 14.8 Å². The van der Waals surface area contributed by atoms with Crippen LogP contribution in [-0.4, -0.2) is 32.6 Å². The Balaban J connectivity index is 2.22. The van der Waals surface area contributed by atoms with Gasteiger partial charge in [-0.3, -0.25) is 9.20 Å². The lowest BCUT2D eigenvalue weighted by Gasteiger charge is -1.99. The number of H-pyrrole nitrogens is 1. The Kier molecular flexibility index (Phi) is 2.22. The minimum Gasteiger partial charge on any atom is -0.494 e. The molecule has 1 aromatic carbocycles. The monoisotopic (exact) mass is 245 g/mol. The van der Waals surface area contributed by atoms with Crippen molar-refractivity contribution in [1.82, 2.24) is 14.4 Å². The number of hydrogen-bond donors (Lipinski definition) is 2. The van der Waals surface area contributed by atoms with Gasteiger partial charge in [0.25, 0.3) is 0 Å². The van der Waals surface area contributed by atoms with Gasteiger partial charge in [-0.05, 0) is 12.1 Å². The quantitative estimate of drug-likeness (QED) is 0.732. The smallest absolute Gasteiger partial charge is 0.309 e. The lowest BCUT2D eigenvalue weighted by atomic mass is 10.3. The van der Waals surface area contributed by atoms with E-state index in [-0.39, 0.29) is 6.42 Å². The van der Waals surface area contributed by atoms with Crippen LogP contribution in [0.25, 0.3) is 16.8 Å². The van der Waals surface area contributed by atoms with Crippen LogP contribution in [0.5, 0.6) is 5.75 Å². The van der Waals surface area contributed by atoms with E-state index in [1.165, 1.54) is 0 Å². The molecule has 0 atom stereocenters. The van der Waals surface area contributed by atoms with Crippen LogP contribution < -0.4 is 4.74 Å². The first-order valence-corrected chi connectivity index (χ1v) is 5.43. The van der Waals surface area contributed by atoms with Gasteiger partial charge in [-0.25, -0.2) is 4.98 Å². The van der Waals surface area contributed by atoms with Crippen molar-refractivity contribution in [3.63, 3.8) is 0 Å². The number of nitrogens with one attached hydrogen (secondary N) is 1. The van der Waals surface area contributed by atoms with E-state index in [0.717, 1.165) is 11.0 Å². The van der Waals surface area contributed by atoms with E-state index >= 15 is 0 Å². The highest BCUT2D eigenvalue weighted by molar-refractivity contribution is 5.85. The second-order valence-electron chi connectivity index (χ2n) is 3.98. The Morgan fingerprint density at radius 3 is 3.11 bits per heavy atom. The number of carbonyl (C=O) groups is 1. The summed E-state index contributed by atoms with van der Waals surface area (Å²) >= 11 is 0. The molecular weight excluding hydrogens is 234 g/mol. The standard InChI is InChI=1S/C12H11N3O3/c1-18-9-4-2-3-8-11(9)14-12-13-7(5-10(16)17)6-15(8)12/h2-4,6H,5H2,1H3,(H,13,14)(H,16,17). The molecule has 0 saturated heterocycles. The number of ether oxygens (including phenoxy) is 1. The van der Waals surface area contributed by atoms with Crippen molar-refractivity contribution in [2.24, 2.45) is 0 Å². The van der Waals surface area contributed by atoms with Crippen LogP contribution in [0.1, 0.15) is 5.69 Å². The first-order chi connectivity index (χ1) is 8.69. The molecule has 0 bridgehead atoms. The molecule has 0 aliphatic carbocycles. The van der Waals surface area contributed by atoms with Crippen molar-refractivity contribution in [2.75, 3.05) is 7.11 Å². The van der Waals surface area contributed by atoms with E-state index < -0.39 is 5.97 Å². The summed E-state index contributed by atoms with van der Waals surface area (Å²) in [6.45, 7) is 0. The number of aliphatic carboxylic acids is 1. The van der Waals surface area contributed by atoms with Crippen LogP contribution in [0.2, 0.25) is 0 Å². The Hall–Kier alpha value is -2.50. The highest BCUT2D eigenvalue weighted by Gasteiger charge is 2.12. The minimum atomic E-state index is -0.874. The lowest BCUT2D eigenvalue weighted by Crippen LogP contribution is -1.99. The SMILES string of the molecule is COc1cccc2c1nc1[nH]c(CC(=O)O)cn12. The summed E-state index contributed by atoms with van der Waals surface area (Å²) < 4.78 is 7.07. The molecule has 0 aliphatic rings. The predicted octanol–water partition coefficient (Wildman–Crippen LogP) is 1.45. The molecular formula is C12H11N3O3. The molecule has 2 heterocycles. The number of nitrogens with zero attached hydrogens (tertiary/aromatic N) is 2. The average Bonchev–Trinajstić information content (AvgIpc) is 2.84. The maximum atomic E-state index is 10.7. The molecule has 0 fully saturated rings. The molecule has 18 heavy (non-hydrogen) atoms. The number of carboxylic acid groups (broad SMARTS) is 1. The molecule has 0 radical (unpaired) electrons. The van der Waals surface area contributed by atoms with Gasteiger partial charge in [0.05, 0.1) is 19.0 Å². The van der Waals surface area contributed by atoms with Gasteiger partial charge in [-0.15, -0.1) is 0 Å². The summed E-state index contributed by atoms with van der Waals surface area (Å²) in [6, 6.07) is 5.63. The Labute approximate surface area is 102 Å². The third-order valence-corrected chi connectivity index (χ3v) is 2.80. The Morgan fingerprint density at radius 1 is 1.56 bits per heavy atom. The zero-order chi connectivity index (χ0) is 12.7. The first-order valence-electron chi connectivity index (χ1n) is 5.43. The average molecular weight is 245 g/mol. The van der Waals surface area contributed by atoms with E-state index in [4.69, 9.17) is 9.84 Å². The van der Waals surface area contributed by atoms with Crippen LogP contribution in [0, 0.1) is 0 Å². The van der Waals surface area contributed by atoms with Crippen molar-refractivity contribution in [2.45, 2.75) is 6.42 Å². The van der Waals surface area contributed by atoms with E-state index in [1.54, 1.807) is 13.3 Å². The fraction of sp³-hybridized carbons (Fsp3) is 0.167. The fourth-order valence-corrected chi connectivity index (χ4v) is 2.06. The second kappa shape index (κ2) is 3.76. The Morgan fingerprint density at radius 2 is 2.39 bits per heavy atom. The van der Waals surface area contributed by atoms with Crippen LogP contribution in [0.15, 0.2) is 24.4 Å². The van der Waals surface area contributed by atoms with Gasteiger partial charge in [-0.2, -0.15) is 0 Å². The number of hydrogen-bond acceptors (Lipinski definition) is 3. The van der Waals surface area contributed by atoms with E-state index in [2.05, 4.69) is 9.97 Å². The summed E-state index contributed by atoms with van der Waals surface area (Å²) in [7, 11) is 1.60. The Bertz CT molecular complexity index is 742. The molecule has 0 unspecified atom stereocenters. The summed E-state index contributed by atoms with van der Waals surface area (Å²) in [5, 5.41) is 8.76. The third-order valence-electron chi connectivity index (χ3n) is 2.80. The third kappa shape index (κ3) is 1.50. The van der Waals surface area contributed by atoms with Crippen molar-refractivity contribution in [1.29, 1.82) is 0 Å². The molecule has 92 valence electrons. The highest BCUT2D eigenvalue weighted by Crippen LogP contribution is 2.25. The number of carboxylic acids is 1. The molecule has 2 N–H and O–H groups in total. The van der Waals surface area contributed by atoms with E-state index in [9.17, 15) is 4.79 Å². The predicted molar refractivity (Wildman–Crippen MR) is 64.9 cm³/mol. The summed E-state index contributed by atoms with van der Waals surface area (Å²) in [4.78, 5) is 18.0. The summed E-state index contributed by atoms with van der Waals surface area (Å²) in [5.74, 6) is 0.441. The number of imidazole rings is 2. The topological polar surface area (TPSA) is 79.6 Å². The normalized spacial score (nSPS) is 11.2. The van der Waals surface area contributed by atoms with Crippen molar-refractivity contribution >= 4 is 22.8 Å². The van der Waals surface area contributed by atoms with Gasteiger partial charge in [0, 0.05) is 11.9 Å². The molecule has 3 rings (SSSR count). The molecule has 0 spiro atoms. The highest BCUT2D eigenvalue weighted by atomic mass is 16.5. The van der Waals surface area contributed by atoms with E-state index in [0.29, 0.717) is 17.2 Å². The molecule has 0 saturated carbocycles. The molecule has 0 aliphatic heterocycles. The number of methoxy groups -OCH3 is 1. The maximum Gasteiger partial charge on any atom is 0.309 e. The molecule has 2 aromatic heterocycles. The number of benzene rings is 1. The molecule has 6 heteroatoms. The summed E-state index contributed by atoms with van der Waals surface area (Å²) in [5.41, 5.74) is 2.26. The van der Waals surface area contributed by atoms with Gasteiger partial charge >= 0.3 is 5.97 Å². The number of para-hydroxylation sites is 1. The molecule has 6 nitrogen and oxygen atoms in total. The van der Waals surface area contributed by atoms with Gasteiger partial charge in [-0.1, -0.05) is 6.07 Å². The fourth-order valence-electron chi connectivity index (χ4n) is 2.06.